The fraction of sp³-hybridized carbons (Fsp3) is 0.512. The summed E-state index contributed by atoms with van der Waals surface area (Å²) in [7, 11) is 4.15. The van der Waals surface area contributed by atoms with Crippen LogP contribution in [-0.4, -0.2) is 19.0 Å². The van der Waals surface area contributed by atoms with E-state index in [2.05, 4.69) is 127 Å². The molecule has 0 fully saturated rings. The molecule has 1 atom stereocenters. The molecule has 1 unspecified atom stereocenters. The number of rotatable bonds is 9. The van der Waals surface area contributed by atoms with Crippen LogP contribution < -0.4 is 5.32 Å². The summed E-state index contributed by atoms with van der Waals surface area (Å²) < 4.78 is 0. The second-order valence-electron chi connectivity index (χ2n) is 12.3. The Kier molecular flexibility index (Phi) is 21.4. The van der Waals surface area contributed by atoms with Crippen LogP contribution in [0.25, 0.3) is 0 Å². The van der Waals surface area contributed by atoms with Crippen molar-refractivity contribution in [1.82, 2.24) is 4.90 Å². The van der Waals surface area contributed by atoms with Gasteiger partial charge in [-0.1, -0.05) is 130 Å². The van der Waals surface area contributed by atoms with Gasteiger partial charge in [-0.3, -0.25) is 0 Å². The van der Waals surface area contributed by atoms with Gasteiger partial charge in [0.25, 0.3) is 0 Å². The van der Waals surface area contributed by atoms with Crippen LogP contribution in [0.4, 0.5) is 5.69 Å². The summed E-state index contributed by atoms with van der Waals surface area (Å²) in [6.07, 6.45) is 23.9. The van der Waals surface area contributed by atoms with E-state index in [0.29, 0.717) is 5.92 Å². The lowest BCUT2D eigenvalue weighted by Gasteiger charge is -2.26. The Morgan fingerprint density at radius 1 is 1.11 bits per heavy atom. The van der Waals surface area contributed by atoms with Crippen molar-refractivity contribution in [3.05, 3.63) is 112 Å². The summed E-state index contributed by atoms with van der Waals surface area (Å²) in [5.74, 6) is 1.38. The Morgan fingerprint density at radius 2 is 1.75 bits per heavy atom. The average Bonchev–Trinajstić information content (AvgIpc) is 3.30. The average molecular weight is 619 g/mol. The van der Waals surface area contributed by atoms with Crippen LogP contribution in [0.1, 0.15) is 113 Å². The molecule has 0 spiro atoms. The molecule has 0 amide bonds. The minimum atomic E-state index is 0.0678. The van der Waals surface area contributed by atoms with E-state index in [9.17, 15) is 0 Å². The van der Waals surface area contributed by atoms with Crippen LogP contribution in [0.5, 0.6) is 0 Å². The summed E-state index contributed by atoms with van der Waals surface area (Å²) in [5, 5.41) is 3.34. The van der Waals surface area contributed by atoms with Gasteiger partial charge in [-0.2, -0.15) is 0 Å². The van der Waals surface area contributed by atoms with E-state index in [1.165, 1.54) is 46.5 Å². The zero-order chi connectivity index (χ0) is 33.7. The Morgan fingerprint density at radius 3 is 2.25 bits per heavy atom. The molecule has 1 aliphatic heterocycles. The number of nitrogens with one attached hydrogen (secondary N) is 1. The third kappa shape index (κ3) is 14.0. The molecule has 44 heavy (non-hydrogen) atoms. The monoisotopic (exact) mass is 618 g/mol. The molecule has 1 aliphatic carbocycles. The lowest BCUT2D eigenvalue weighted by Crippen LogP contribution is -2.18. The summed E-state index contributed by atoms with van der Waals surface area (Å²) in [5.41, 5.74) is 8.25. The molecule has 1 N–H and O–H groups in total. The van der Waals surface area contributed by atoms with Crippen molar-refractivity contribution in [3.63, 3.8) is 0 Å². The first-order chi connectivity index (χ1) is 21.0. The van der Waals surface area contributed by atoms with Crippen molar-refractivity contribution in [1.29, 1.82) is 0 Å². The first-order valence-electron chi connectivity index (χ1n) is 16.9. The maximum atomic E-state index is 4.95. The summed E-state index contributed by atoms with van der Waals surface area (Å²) in [4.78, 5) is 3.44. The highest BCUT2D eigenvalue weighted by atomic mass is 32.1. The lowest BCUT2D eigenvalue weighted by atomic mass is 9.80. The van der Waals surface area contributed by atoms with Crippen LogP contribution in [0.2, 0.25) is 0 Å². The van der Waals surface area contributed by atoms with E-state index in [-0.39, 0.29) is 5.41 Å². The molecule has 0 aromatic heterocycles. The van der Waals surface area contributed by atoms with Gasteiger partial charge in [0, 0.05) is 42.5 Å². The van der Waals surface area contributed by atoms with Gasteiger partial charge < -0.3 is 10.2 Å². The summed E-state index contributed by atoms with van der Waals surface area (Å²) in [6, 6.07) is 8.61. The molecule has 0 saturated carbocycles. The molecule has 3 heteroatoms. The van der Waals surface area contributed by atoms with E-state index in [1.807, 2.05) is 40.0 Å². The number of para-hydroxylation sites is 1. The predicted octanol–water partition coefficient (Wildman–Crippen LogP) is 12.8. The molecule has 0 radical (unpaired) electrons. The Hall–Kier alpha value is -2.65. The molecule has 0 bridgehead atoms. The molecule has 1 heterocycles. The molecule has 1 aromatic rings. The Balaban J connectivity index is 0.00000132. The van der Waals surface area contributed by atoms with Crippen LogP contribution >= 0.6 is 12.6 Å². The number of anilines is 1. The van der Waals surface area contributed by atoms with Gasteiger partial charge in [-0.05, 0) is 84.8 Å². The number of benzene rings is 1. The van der Waals surface area contributed by atoms with Gasteiger partial charge >= 0.3 is 0 Å². The minimum absolute atomic E-state index is 0.0678. The van der Waals surface area contributed by atoms with E-state index in [4.69, 9.17) is 12.6 Å². The second-order valence-corrected chi connectivity index (χ2v) is 12.7. The fourth-order valence-electron chi connectivity index (χ4n) is 5.05. The number of allylic oxidation sites excluding steroid dienone is 10. The molecular formula is C41H66N2S. The van der Waals surface area contributed by atoms with Crippen molar-refractivity contribution in [2.24, 2.45) is 11.8 Å². The maximum absolute atomic E-state index is 4.95. The minimum Gasteiger partial charge on any atom is -0.388 e. The fourth-order valence-corrected chi connectivity index (χ4v) is 5.42. The zero-order valence-electron chi connectivity index (χ0n) is 30.4. The number of nitrogens with zero attached hydrogens (tertiary/aromatic N) is 1. The number of hydrogen-bond donors (Lipinski definition) is 2. The zero-order valence-corrected chi connectivity index (χ0v) is 31.3. The normalized spacial score (nSPS) is 18.5. The summed E-state index contributed by atoms with van der Waals surface area (Å²) in [6.45, 7) is 25.3. The molecule has 2 nitrogen and oxygen atoms in total. The largest absolute Gasteiger partial charge is 0.388 e. The second kappa shape index (κ2) is 22.8. The van der Waals surface area contributed by atoms with Crippen molar-refractivity contribution in [2.75, 3.05) is 19.4 Å². The van der Waals surface area contributed by atoms with Crippen molar-refractivity contribution in [2.45, 2.75) is 113 Å². The van der Waals surface area contributed by atoms with Crippen molar-refractivity contribution < 1.29 is 0 Å². The molecular weight excluding hydrogens is 553 g/mol. The SMILES string of the molecule is C=C/C=C\C.CC.CCC(C)C.CCC1=CN(C)/C(=C/C=C2\CCCC(/C=C/CC(C)(C)c3ccccc3NC)=C2S)C1C. The molecule has 3 rings (SSSR count). The van der Waals surface area contributed by atoms with Crippen molar-refractivity contribution in [3.8, 4) is 0 Å². The standard InChI is InChI=1S/C29H40N2S.C5H12.C5H8.C2H6/c1-7-22-20-31(6)27(21(22)2)18-17-24-13-10-12-23(28(24)32)14-11-19-29(3,4)25-15-8-9-16-26(25)30-5;1-4-5(2)3;1-3-5-4-2;1-2/h8-9,11,14-18,20-21,30,32H,7,10,12-13,19H2,1-6H3;5H,4H2,1-3H3;3-5H,1H2,2H3;1-2H3/b14-11+,24-17+,27-18+;;5-4-;. The first kappa shape index (κ1) is 41.4. The molecule has 246 valence electrons. The van der Waals surface area contributed by atoms with Gasteiger partial charge in [0.1, 0.15) is 0 Å². The van der Waals surface area contributed by atoms with E-state index in [1.54, 1.807) is 6.08 Å². The van der Waals surface area contributed by atoms with Gasteiger partial charge in [0.2, 0.25) is 0 Å². The Bertz CT molecular complexity index is 1160. The first-order valence-corrected chi connectivity index (χ1v) is 17.4. The van der Waals surface area contributed by atoms with E-state index >= 15 is 0 Å². The van der Waals surface area contributed by atoms with Crippen LogP contribution in [0.3, 0.4) is 0 Å². The quantitative estimate of drug-likeness (QED) is 0.211. The predicted molar refractivity (Wildman–Crippen MR) is 206 cm³/mol. The molecule has 2 aliphatic rings. The van der Waals surface area contributed by atoms with Gasteiger partial charge in [-0.15, -0.1) is 12.6 Å². The number of thiol groups is 1. The van der Waals surface area contributed by atoms with Gasteiger partial charge in [0.05, 0.1) is 0 Å². The molecule has 1 aromatic carbocycles. The topological polar surface area (TPSA) is 15.3 Å². The van der Waals surface area contributed by atoms with Crippen molar-refractivity contribution >= 4 is 18.3 Å². The highest BCUT2D eigenvalue weighted by Gasteiger charge is 2.23. The van der Waals surface area contributed by atoms with Gasteiger partial charge in [0.15, 0.2) is 0 Å². The lowest BCUT2D eigenvalue weighted by molar-refractivity contribution is 0.535. The van der Waals surface area contributed by atoms with Crippen LogP contribution in [0.15, 0.2) is 107 Å². The molecule has 0 saturated heterocycles. The van der Waals surface area contributed by atoms with Gasteiger partial charge in [-0.25, -0.2) is 0 Å². The van der Waals surface area contributed by atoms with E-state index in [0.717, 1.165) is 36.5 Å². The highest BCUT2D eigenvalue weighted by molar-refractivity contribution is 7.84. The summed E-state index contributed by atoms with van der Waals surface area (Å²) >= 11 is 4.95. The van der Waals surface area contributed by atoms with E-state index < -0.39 is 0 Å². The van der Waals surface area contributed by atoms with Crippen LogP contribution in [-0.2, 0) is 5.41 Å². The third-order valence-corrected chi connectivity index (χ3v) is 8.72. The van der Waals surface area contributed by atoms with Crippen LogP contribution in [0, 0.1) is 11.8 Å². The highest BCUT2D eigenvalue weighted by Crippen LogP contribution is 2.37. The maximum Gasteiger partial charge on any atom is 0.0375 e. The third-order valence-electron chi connectivity index (χ3n) is 8.15. The Labute approximate surface area is 279 Å². The number of hydrogen-bond acceptors (Lipinski definition) is 3. The smallest absolute Gasteiger partial charge is 0.0375 e.